The van der Waals surface area contributed by atoms with Crippen LogP contribution in [0.15, 0.2) is 58.9 Å². The van der Waals surface area contributed by atoms with E-state index in [1.165, 1.54) is 17.9 Å². The van der Waals surface area contributed by atoms with Crippen molar-refractivity contribution < 1.29 is 4.79 Å². The Morgan fingerprint density at radius 3 is 2.92 bits per heavy atom. The molecule has 24 heavy (non-hydrogen) atoms. The molecule has 7 heteroatoms. The molecule has 120 valence electrons. The van der Waals surface area contributed by atoms with Gasteiger partial charge in [0.15, 0.2) is 5.78 Å². The average molecular weight is 404 g/mol. The summed E-state index contributed by atoms with van der Waals surface area (Å²) >= 11 is 8.87. The van der Waals surface area contributed by atoms with E-state index >= 15 is 0 Å². The molecule has 0 aliphatic heterocycles. The van der Waals surface area contributed by atoms with Crippen molar-refractivity contribution in [3.05, 3.63) is 64.6 Å². The number of hydrogen-bond donors (Lipinski definition) is 1. The Morgan fingerprint density at radius 1 is 1.25 bits per heavy atom. The Labute approximate surface area is 151 Å². The zero-order chi connectivity index (χ0) is 16.9. The van der Waals surface area contributed by atoms with Crippen molar-refractivity contribution in [3.8, 4) is 0 Å². The summed E-state index contributed by atoms with van der Waals surface area (Å²) in [6.45, 7) is 0. The van der Waals surface area contributed by atoms with Crippen LogP contribution in [-0.2, 0) is 11.2 Å². The van der Waals surface area contributed by atoms with Crippen molar-refractivity contribution in [1.29, 1.82) is 0 Å². The van der Waals surface area contributed by atoms with Gasteiger partial charge < -0.3 is 5.32 Å². The van der Waals surface area contributed by atoms with Crippen molar-refractivity contribution >= 4 is 55.7 Å². The number of anilines is 2. The Balaban J connectivity index is 1.96. The molecule has 0 saturated heterocycles. The number of ketones is 1. The first-order valence-corrected chi connectivity index (χ1v) is 8.30. The number of allylic oxidation sites excluding steroid dienone is 1. The molecule has 0 bridgehead atoms. The predicted octanol–water partition coefficient (Wildman–Crippen LogP) is 4.40. The van der Waals surface area contributed by atoms with Crippen molar-refractivity contribution in [2.45, 2.75) is 6.42 Å². The first-order valence-electron chi connectivity index (χ1n) is 7.07. The standard InChI is InChI=1S/C17H12BrClN4O/c18-11-2-1-3-12(6-11)23-17-15-8-13(7-14(24)4-5-19)20-9-16(15)21-10-22-17/h1-6,8-10H,7H2,(H,21,22,23)/b5-4-. The molecular formula is C17H12BrClN4O. The Bertz CT molecular complexity index is 929. The molecule has 0 saturated carbocycles. The van der Waals surface area contributed by atoms with Crippen LogP contribution < -0.4 is 5.32 Å². The molecule has 3 rings (SSSR count). The van der Waals surface area contributed by atoms with E-state index < -0.39 is 0 Å². The summed E-state index contributed by atoms with van der Waals surface area (Å²) < 4.78 is 0.965. The van der Waals surface area contributed by atoms with Crippen molar-refractivity contribution in [2.75, 3.05) is 5.32 Å². The molecule has 0 aliphatic carbocycles. The largest absolute Gasteiger partial charge is 0.340 e. The second-order valence-electron chi connectivity index (χ2n) is 4.99. The van der Waals surface area contributed by atoms with E-state index in [0.29, 0.717) is 17.0 Å². The SMILES string of the molecule is O=C(/C=C\Cl)Cc1cc2c(Nc3cccc(Br)c3)ncnc2cn1. The number of rotatable bonds is 5. The molecule has 0 fully saturated rings. The van der Waals surface area contributed by atoms with Crippen LogP contribution in [0.5, 0.6) is 0 Å². The fourth-order valence-electron chi connectivity index (χ4n) is 2.21. The third-order valence-electron chi connectivity index (χ3n) is 3.27. The molecule has 2 heterocycles. The molecule has 2 aromatic heterocycles. The zero-order valence-corrected chi connectivity index (χ0v) is 14.8. The predicted molar refractivity (Wildman–Crippen MR) is 98.5 cm³/mol. The summed E-state index contributed by atoms with van der Waals surface area (Å²) in [6, 6.07) is 9.58. The number of benzene rings is 1. The van der Waals surface area contributed by atoms with E-state index in [-0.39, 0.29) is 12.2 Å². The number of carbonyl (C=O) groups excluding carboxylic acids is 1. The van der Waals surface area contributed by atoms with Gasteiger partial charge >= 0.3 is 0 Å². The van der Waals surface area contributed by atoms with Gasteiger partial charge in [-0.1, -0.05) is 33.6 Å². The highest BCUT2D eigenvalue weighted by Gasteiger charge is 2.08. The molecule has 3 aromatic rings. The van der Waals surface area contributed by atoms with Crippen molar-refractivity contribution in [1.82, 2.24) is 15.0 Å². The lowest BCUT2D eigenvalue weighted by molar-refractivity contribution is -0.114. The number of nitrogens with one attached hydrogen (secondary N) is 1. The van der Waals surface area contributed by atoms with Gasteiger partial charge in [-0.05, 0) is 30.3 Å². The maximum atomic E-state index is 11.7. The smallest absolute Gasteiger partial charge is 0.162 e. The molecule has 0 aliphatic rings. The lowest BCUT2D eigenvalue weighted by Gasteiger charge is -2.09. The van der Waals surface area contributed by atoms with Gasteiger partial charge in [0, 0.05) is 26.8 Å². The number of hydrogen-bond acceptors (Lipinski definition) is 5. The molecule has 0 atom stereocenters. The lowest BCUT2D eigenvalue weighted by atomic mass is 10.1. The summed E-state index contributed by atoms with van der Waals surface area (Å²) in [4.78, 5) is 24.5. The van der Waals surface area contributed by atoms with E-state index in [1.807, 2.05) is 30.3 Å². The third-order valence-corrected chi connectivity index (χ3v) is 3.89. The molecular weight excluding hydrogens is 392 g/mol. The topological polar surface area (TPSA) is 67.8 Å². The molecule has 0 radical (unpaired) electrons. The summed E-state index contributed by atoms with van der Waals surface area (Å²) in [7, 11) is 0. The first-order chi connectivity index (χ1) is 11.7. The van der Waals surface area contributed by atoms with Crippen LogP contribution in [-0.4, -0.2) is 20.7 Å². The highest BCUT2D eigenvalue weighted by atomic mass is 79.9. The van der Waals surface area contributed by atoms with Crippen molar-refractivity contribution in [2.24, 2.45) is 0 Å². The lowest BCUT2D eigenvalue weighted by Crippen LogP contribution is -2.02. The number of nitrogens with zero attached hydrogens (tertiary/aromatic N) is 3. The minimum absolute atomic E-state index is 0.116. The second-order valence-corrected chi connectivity index (χ2v) is 6.15. The van der Waals surface area contributed by atoms with Crippen molar-refractivity contribution in [3.63, 3.8) is 0 Å². The molecule has 1 aromatic carbocycles. The number of halogens is 2. The fourth-order valence-corrected chi connectivity index (χ4v) is 2.75. The maximum absolute atomic E-state index is 11.7. The van der Waals surface area contributed by atoms with E-state index in [0.717, 1.165) is 15.5 Å². The summed E-state index contributed by atoms with van der Waals surface area (Å²) in [5, 5.41) is 4.06. The molecule has 0 amide bonds. The second kappa shape index (κ2) is 7.51. The van der Waals surface area contributed by atoms with E-state index in [1.54, 1.807) is 6.20 Å². The highest BCUT2D eigenvalue weighted by molar-refractivity contribution is 9.10. The van der Waals surface area contributed by atoms with Crippen LogP contribution in [0.3, 0.4) is 0 Å². The zero-order valence-electron chi connectivity index (χ0n) is 12.4. The van der Waals surface area contributed by atoms with Gasteiger partial charge in [0.25, 0.3) is 0 Å². The van der Waals surface area contributed by atoms with E-state index in [4.69, 9.17) is 11.6 Å². The van der Waals surface area contributed by atoms with Gasteiger partial charge in [-0.25, -0.2) is 9.97 Å². The fraction of sp³-hybridized carbons (Fsp3) is 0.0588. The van der Waals surface area contributed by atoms with Crippen LogP contribution in [0.4, 0.5) is 11.5 Å². The molecule has 5 nitrogen and oxygen atoms in total. The number of pyridine rings is 1. The number of fused-ring (bicyclic) bond motifs is 1. The summed E-state index contributed by atoms with van der Waals surface area (Å²) in [5.41, 5.74) is 3.43. The van der Waals surface area contributed by atoms with E-state index in [2.05, 4.69) is 36.2 Å². The monoisotopic (exact) mass is 402 g/mol. The quantitative estimate of drug-likeness (QED) is 0.640. The molecule has 0 spiro atoms. The molecule has 1 N–H and O–H groups in total. The average Bonchev–Trinajstić information content (AvgIpc) is 2.56. The Kier molecular flexibility index (Phi) is 5.17. The minimum atomic E-state index is -0.116. The Morgan fingerprint density at radius 2 is 2.12 bits per heavy atom. The van der Waals surface area contributed by atoms with Gasteiger partial charge in [0.2, 0.25) is 0 Å². The third kappa shape index (κ3) is 3.96. The summed E-state index contributed by atoms with van der Waals surface area (Å²) in [6.07, 6.45) is 4.60. The van der Waals surface area contributed by atoms with Crippen LogP contribution in [0, 0.1) is 0 Å². The van der Waals surface area contributed by atoms with Crippen LogP contribution >= 0.6 is 27.5 Å². The van der Waals surface area contributed by atoms with Crippen LogP contribution in [0.2, 0.25) is 0 Å². The van der Waals surface area contributed by atoms with Gasteiger partial charge in [0.05, 0.1) is 18.1 Å². The Hall–Kier alpha value is -2.31. The van der Waals surface area contributed by atoms with Gasteiger partial charge in [-0.2, -0.15) is 0 Å². The normalized spacial score (nSPS) is 11.1. The van der Waals surface area contributed by atoms with Gasteiger partial charge in [0.1, 0.15) is 12.1 Å². The van der Waals surface area contributed by atoms with Crippen LogP contribution in [0.25, 0.3) is 10.9 Å². The number of aromatic nitrogens is 3. The van der Waals surface area contributed by atoms with Gasteiger partial charge in [-0.3, -0.25) is 9.78 Å². The van der Waals surface area contributed by atoms with Gasteiger partial charge in [-0.15, -0.1) is 0 Å². The summed E-state index contributed by atoms with van der Waals surface area (Å²) in [5.74, 6) is 0.539. The van der Waals surface area contributed by atoms with E-state index in [9.17, 15) is 4.79 Å². The first kappa shape index (κ1) is 16.5. The minimum Gasteiger partial charge on any atom is -0.340 e. The molecule has 0 unspecified atom stereocenters. The van der Waals surface area contributed by atoms with Crippen LogP contribution in [0.1, 0.15) is 5.69 Å². The highest BCUT2D eigenvalue weighted by Crippen LogP contribution is 2.25. The maximum Gasteiger partial charge on any atom is 0.162 e. The number of carbonyl (C=O) groups is 1.